The number of rotatable bonds is 3. The number of hydrogen-bond acceptors (Lipinski definition) is 5. The summed E-state index contributed by atoms with van der Waals surface area (Å²) in [5, 5.41) is 8.82. The minimum Gasteiger partial charge on any atom is -0.476 e. The Balaban J connectivity index is 2.36. The van der Waals surface area contributed by atoms with Crippen LogP contribution in [0, 0.1) is 0 Å². The van der Waals surface area contributed by atoms with E-state index in [0.29, 0.717) is 0 Å². The second-order valence-corrected chi connectivity index (χ2v) is 5.42. The molecule has 0 aromatic rings. The lowest BCUT2D eigenvalue weighted by molar-refractivity contribution is -0.147. The Morgan fingerprint density at radius 3 is 2.37 bits per heavy atom. The van der Waals surface area contributed by atoms with Crippen LogP contribution in [0.2, 0.25) is 0 Å². The minimum atomic E-state index is -5.94. The molecule has 0 saturated carbocycles. The van der Waals surface area contributed by atoms with Crippen molar-refractivity contribution in [1.82, 2.24) is 4.90 Å². The molecule has 2 rings (SSSR count). The van der Waals surface area contributed by atoms with Crippen LogP contribution in [-0.4, -0.2) is 41.9 Å². The van der Waals surface area contributed by atoms with Gasteiger partial charge in [-0.1, -0.05) is 0 Å². The molecule has 11 heteroatoms. The Bertz CT molecular complexity index is 592. The fourth-order valence-electron chi connectivity index (χ4n) is 1.87. The smallest absolute Gasteiger partial charge is 0.476 e. The molecule has 2 heterocycles. The van der Waals surface area contributed by atoms with Crippen LogP contribution in [0.25, 0.3) is 0 Å². The van der Waals surface area contributed by atoms with Gasteiger partial charge in [-0.05, 0) is 0 Å². The van der Waals surface area contributed by atoms with Gasteiger partial charge in [-0.25, -0.2) is 4.79 Å². The van der Waals surface area contributed by atoms with Gasteiger partial charge in [0, 0.05) is 12.8 Å². The Kier molecular flexibility index (Phi) is 2.77. The number of carbonyl (C=O) groups is 2. The molecule has 1 saturated heterocycles. The lowest BCUT2D eigenvalue weighted by Crippen LogP contribution is -2.49. The molecule has 19 heavy (non-hydrogen) atoms. The first kappa shape index (κ1) is 13.6. The maximum absolute atomic E-state index is 12.1. The zero-order valence-corrected chi connectivity index (χ0v) is 9.79. The topological polar surface area (TPSA) is 101 Å². The maximum Gasteiger partial charge on any atom is 0.534 e. The summed E-state index contributed by atoms with van der Waals surface area (Å²) in [6.07, 6.45) is -0.432. The number of aliphatic carboxylic acids is 1. The fourth-order valence-corrected chi connectivity index (χ4v) is 2.38. The summed E-state index contributed by atoms with van der Waals surface area (Å²) in [4.78, 5) is 22.7. The Hall–Kier alpha value is -1.78. The normalized spacial score (nSPS) is 23.2. The number of nitrogens with zero attached hydrogens (tertiary/aromatic N) is 1. The van der Waals surface area contributed by atoms with Crippen molar-refractivity contribution < 1.29 is 40.5 Å². The summed E-state index contributed by atoms with van der Waals surface area (Å²) >= 11 is 0. The van der Waals surface area contributed by atoms with Crippen molar-refractivity contribution in [3.8, 4) is 0 Å². The zero-order chi connectivity index (χ0) is 14.6. The van der Waals surface area contributed by atoms with E-state index in [1.54, 1.807) is 0 Å². The number of fused-ring (bicyclic) bond motifs is 1. The number of carboxylic acid groups (broad SMARTS) is 1. The molecule has 2 aliphatic rings. The van der Waals surface area contributed by atoms with Gasteiger partial charge >= 0.3 is 21.6 Å². The molecule has 1 N–H and O–H groups in total. The SMILES string of the molecule is O=C(O)C1=C(OS(=O)(=O)C(F)(F)F)C[C@@H]2CC(=O)N12. The third kappa shape index (κ3) is 2.03. The first-order chi connectivity index (χ1) is 8.54. The fraction of sp³-hybridized carbons (Fsp3) is 0.500. The summed E-state index contributed by atoms with van der Waals surface area (Å²) in [5.74, 6) is -3.20. The zero-order valence-electron chi connectivity index (χ0n) is 8.97. The highest BCUT2D eigenvalue weighted by atomic mass is 32.2. The van der Waals surface area contributed by atoms with Crippen LogP contribution in [-0.2, 0) is 23.9 Å². The summed E-state index contributed by atoms with van der Waals surface area (Å²) in [5.41, 5.74) is -6.51. The molecule has 1 fully saturated rings. The van der Waals surface area contributed by atoms with Crippen LogP contribution >= 0.6 is 0 Å². The van der Waals surface area contributed by atoms with Crippen molar-refractivity contribution in [1.29, 1.82) is 0 Å². The number of halogens is 3. The van der Waals surface area contributed by atoms with E-state index in [1.165, 1.54) is 0 Å². The van der Waals surface area contributed by atoms with Gasteiger partial charge in [0.2, 0.25) is 5.91 Å². The van der Waals surface area contributed by atoms with Crippen LogP contribution in [0.3, 0.4) is 0 Å². The summed E-state index contributed by atoms with van der Waals surface area (Å²) < 4.78 is 61.9. The van der Waals surface area contributed by atoms with E-state index in [0.717, 1.165) is 4.90 Å². The van der Waals surface area contributed by atoms with Crippen molar-refractivity contribution in [3.05, 3.63) is 11.5 Å². The van der Waals surface area contributed by atoms with E-state index in [9.17, 15) is 31.2 Å². The van der Waals surface area contributed by atoms with E-state index in [4.69, 9.17) is 5.11 Å². The lowest BCUT2D eigenvalue weighted by atomic mass is 10.0. The molecule has 106 valence electrons. The highest BCUT2D eigenvalue weighted by Gasteiger charge is 2.53. The van der Waals surface area contributed by atoms with E-state index >= 15 is 0 Å². The minimum absolute atomic E-state index is 0.0598. The van der Waals surface area contributed by atoms with Crippen molar-refractivity contribution in [2.24, 2.45) is 0 Å². The second-order valence-electron chi connectivity index (χ2n) is 3.89. The van der Waals surface area contributed by atoms with E-state index < -0.39 is 45.0 Å². The number of amides is 1. The molecular weight excluding hydrogens is 295 g/mol. The molecule has 0 aromatic heterocycles. The predicted octanol–water partition coefficient (Wildman–Crippen LogP) is 0.153. The molecule has 0 radical (unpaired) electrons. The van der Waals surface area contributed by atoms with Gasteiger partial charge in [-0.15, -0.1) is 0 Å². The molecule has 2 aliphatic heterocycles. The van der Waals surface area contributed by atoms with Crippen LogP contribution in [0.4, 0.5) is 13.2 Å². The third-order valence-electron chi connectivity index (χ3n) is 2.67. The quantitative estimate of drug-likeness (QED) is 0.452. The molecule has 0 aliphatic carbocycles. The monoisotopic (exact) mass is 301 g/mol. The van der Waals surface area contributed by atoms with E-state index in [2.05, 4.69) is 4.18 Å². The van der Waals surface area contributed by atoms with Gasteiger partial charge in [0.15, 0.2) is 11.5 Å². The molecule has 1 atom stereocenters. The number of hydrogen-bond donors (Lipinski definition) is 1. The van der Waals surface area contributed by atoms with Crippen LogP contribution in [0.5, 0.6) is 0 Å². The second kappa shape index (κ2) is 3.85. The highest BCUT2D eigenvalue weighted by Crippen LogP contribution is 2.40. The number of alkyl halides is 3. The predicted molar refractivity (Wildman–Crippen MR) is 50.6 cm³/mol. The number of carbonyl (C=O) groups excluding carboxylic acids is 1. The summed E-state index contributed by atoms with van der Waals surface area (Å²) in [7, 11) is -5.94. The average molecular weight is 301 g/mol. The Labute approximate surface area is 104 Å². The molecule has 0 aromatic carbocycles. The number of carboxylic acids is 1. The lowest BCUT2D eigenvalue weighted by Gasteiger charge is -2.34. The van der Waals surface area contributed by atoms with Crippen molar-refractivity contribution in [2.45, 2.75) is 24.4 Å². The van der Waals surface area contributed by atoms with Crippen LogP contribution in [0.15, 0.2) is 11.5 Å². The largest absolute Gasteiger partial charge is 0.534 e. The maximum atomic E-state index is 12.1. The average Bonchev–Trinajstić information content (AvgIpc) is 2.48. The molecule has 7 nitrogen and oxygen atoms in total. The first-order valence-corrected chi connectivity index (χ1v) is 6.24. The summed E-state index contributed by atoms with van der Waals surface area (Å²) in [6, 6.07) is -0.656. The van der Waals surface area contributed by atoms with E-state index in [-0.39, 0.29) is 12.8 Å². The van der Waals surface area contributed by atoms with Crippen molar-refractivity contribution in [3.63, 3.8) is 0 Å². The van der Waals surface area contributed by atoms with Crippen molar-refractivity contribution in [2.75, 3.05) is 0 Å². The number of β-lactam (4-membered cyclic amide) rings is 1. The summed E-state index contributed by atoms with van der Waals surface area (Å²) in [6.45, 7) is 0. The standard InChI is InChI=1S/C8H6F3NO6S/c9-8(10,11)19(16,17)18-4-1-3-2-5(13)12(3)6(4)7(14)15/h3H,1-2H2,(H,14,15)/t3-/m1/s1. The van der Waals surface area contributed by atoms with Gasteiger partial charge in [-0.3, -0.25) is 9.69 Å². The molecular formula is C8H6F3NO6S. The molecule has 0 bridgehead atoms. The van der Waals surface area contributed by atoms with Gasteiger partial charge in [0.05, 0.1) is 6.04 Å². The molecule has 0 spiro atoms. The third-order valence-corrected chi connectivity index (χ3v) is 3.65. The van der Waals surface area contributed by atoms with Gasteiger partial charge in [0.1, 0.15) is 0 Å². The van der Waals surface area contributed by atoms with Crippen molar-refractivity contribution >= 4 is 22.0 Å². The van der Waals surface area contributed by atoms with E-state index in [1.807, 2.05) is 0 Å². The molecule has 0 unspecified atom stereocenters. The van der Waals surface area contributed by atoms with Gasteiger partial charge in [0.25, 0.3) is 0 Å². The van der Waals surface area contributed by atoms with Gasteiger partial charge < -0.3 is 9.29 Å². The molecule has 1 amide bonds. The first-order valence-electron chi connectivity index (χ1n) is 4.84. The highest BCUT2D eigenvalue weighted by molar-refractivity contribution is 7.87. The van der Waals surface area contributed by atoms with Gasteiger partial charge in [-0.2, -0.15) is 21.6 Å². The van der Waals surface area contributed by atoms with Crippen LogP contribution in [0.1, 0.15) is 12.8 Å². The Morgan fingerprint density at radius 1 is 1.37 bits per heavy atom. The Morgan fingerprint density at radius 2 is 1.95 bits per heavy atom. The van der Waals surface area contributed by atoms with Crippen LogP contribution < -0.4 is 0 Å².